The van der Waals surface area contributed by atoms with E-state index in [-0.39, 0.29) is 5.91 Å². The van der Waals surface area contributed by atoms with Crippen LogP contribution in [-0.2, 0) is 11.3 Å². The Balaban J connectivity index is 1.44. The lowest BCUT2D eigenvalue weighted by Gasteiger charge is -2.22. The molecule has 1 heterocycles. The lowest BCUT2D eigenvalue weighted by Crippen LogP contribution is -2.34. The van der Waals surface area contributed by atoms with Crippen molar-refractivity contribution in [3.8, 4) is 11.4 Å². The van der Waals surface area contributed by atoms with Gasteiger partial charge in [-0.05, 0) is 78.1 Å². The minimum absolute atomic E-state index is 0.105. The van der Waals surface area contributed by atoms with Crippen molar-refractivity contribution in [2.24, 2.45) is 0 Å². The van der Waals surface area contributed by atoms with Gasteiger partial charge in [0.1, 0.15) is 5.75 Å². The highest BCUT2D eigenvalue weighted by Crippen LogP contribution is 2.30. The Morgan fingerprint density at radius 1 is 1.17 bits per heavy atom. The zero-order valence-corrected chi connectivity index (χ0v) is 18.2. The number of amides is 1. The third kappa shape index (κ3) is 4.81. The number of carbonyl (C=O) groups is 1. The first-order chi connectivity index (χ1) is 14.5. The van der Waals surface area contributed by atoms with Crippen LogP contribution in [0.1, 0.15) is 29.5 Å². The Bertz CT molecular complexity index is 1010. The van der Waals surface area contributed by atoms with E-state index in [9.17, 15) is 4.79 Å². The van der Waals surface area contributed by atoms with Crippen molar-refractivity contribution < 1.29 is 9.53 Å². The lowest BCUT2D eigenvalue weighted by molar-refractivity contribution is -0.129. The van der Waals surface area contributed by atoms with Gasteiger partial charge in [0.25, 0.3) is 0 Å². The highest BCUT2D eigenvalue weighted by molar-refractivity contribution is 7.99. The number of thioether (sulfide) groups is 1. The number of aryl methyl sites for hydroxylation is 2. The molecule has 1 aliphatic carbocycles. The van der Waals surface area contributed by atoms with E-state index in [2.05, 4.69) is 21.6 Å². The van der Waals surface area contributed by atoms with Crippen LogP contribution < -0.4 is 4.74 Å². The number of ether oxygens (including phenoxy) is 1. The smallest absolute Gasteiger partial charge is 0.233 e. The average molecular weight is 424 g/mol. The molecule has 8 heteroatoms. The maximum absolute atomic E-state index is 13.0. The largest absolute Gasteiger partial charge is 0.497 e. The summed E-state index contributed by atoms with van der Waals surface area (Å²) >= 11 is 1.37. The van der Waals surface area contributed by atoms with Gasteiger partial charge < -0.3 is 9.64 Å². The fourth-order valence-corrected chi connectivity index (χ4v) is 4.22. The second kappa shape index (κ2) is 8.87. The summed E-state index contributed by atoms with van der Waals surface area (Å²) in [6, 6.07) is 14.4. The molecule has 1 saturated carbocycles. The summed E-state index contributed by atoms with van der Waals surface area (Å²) in [5.41, 5.74) is 4.30. The molecule has 0 spiro atoms. The van der Waals surface area contributed by atoms with Gasteiger partial charge in [-0.25, -0.2) is 0 Å². The molecule has 1 fully saturated rings. The molecule has 0 bridgehead atoms. The van der Waals surface area contributed by atoms with Gasteiger partial charge in [-0.1, -0.05) is 30.0 Å². The topological polar surface area (TPSA) is 73.1 Å². The van der Waals surface area contributed by atoms with Crippen molar-refractivity contribution in [3.05, 3.63) is 59.2 Å². The van der Waals surface area contributed by atoms with Crippen LogP contribution in [0.25, 0.3) is 5.69 Å². The first kappa shape index (κ1) is 20.4. The number of carbonyl (C=O) groups excluding carboxylic acids is 1. The number of hydrogen-bond donors (Lipinski definition) is 0. The predicted molar refractivity (Wildman–Crippen MR) is 116 cm³/mol. The molecule has 0 atom stereocenters. The maximum atomic E-state index is 13.0. The highest BCUT2D eigenvalue weighted by atomic mass is 32.2. The van der Waals surface area contributed by atoms with E-state index in [0.717, 1.165) is 41.0 Å². The summed E-state index contributed by atoms with van der Waals surface area (Å²) in [5.74, 6) is 1.22. The van der Waals surface area contributed by atoms with Crippen LogP contribution in [0.3, 0.4) is 0 Å². The number of benzene rings is 2. The molecule has 3 aromatic rings. The van der Waals surface area contributed by atoms with Crippen molar-refractivity contribution in [1.82, 2.24) is 25.1 Å². The molecule has 0 saturated heterocycles. The lowest BCUT2D eigenvalue weighted by atomic mass is 10.1. The van der Waals surface area contributed by atoms with E-state index in [1.54, 1.807) is 11.8 Å². The molecule has 1 aromatic heterocycles. The second-order valence-corrected chi connectivity index (χ2v) is 8.55. The Morgan fingerprint density at radius 3 is 2.50 bits per heavy atom. The normalized spacial score (nSPS) is 13.3. The van der Waals surface area contributed by atoms with E-state index in [1.165, 1.54) is 11.8 Å². The third-order valence-corrected chi connectivity index (χ3v) is 5.94. The van der Waals surface area contributed by atoms with Gasteiger partial charge in [-0.15, -0.1) is 5.10 Å². The van der Waals surface area contributed by atoms with E-state index < -0.39 is 0 Å². The number of nitrogens with zero attached hydrogens (tertiary/aromatic N) is 5. The molecule has 0 unspecified atom stereocenters. The second-order valence-electron chi connectivity index (χ2n) is 7.61. The van der Waals surface area contributed by atoms with Crippen LogP contribution in [-0.4, -0.2) is 49.9 Å². The first-order valence-corrected chi connectivity index (χ1v) is 10.9. The van der Waals surface area contributed by atoms with Crippen molar-refractivity contribution in [3.63, 3.8) is 0 Å². The Hall–Kier alpha value is -2.87. The van der Waals surface area contributed by atoms with E-state index >= 15 is 0 Å². The minimum atomic E-state index is 0.105. The number of aromatic nitrogens is 4. The van der Waals surface area contributed by atoms with Gasteiger partial charge in [-0.3, -0.25) is 4.79 Å². The first-order valence-electron chi connectivity index (χ1n) is 9.96. The summed E-state index contributed by atoms with van der Waals surface area (Å²) in [5, 5.41) is 12.7. The van der Waals surface area contributed by atoms with Crippen molar-refractivity contribution in [1.29, 1.82) is 0 Å². The fourth-order valence-electron chi connectivity index (χ4n) is 3.45. The molecule has 2 aromatic carbocycles. The van der Waals surface area contributed by atoms with Gasteiger partial charge >= 0.3 is 0 Å². The van der Waals surface area contributed by atoms with E-state index in [1.807, 2.05) is 55.1 Å². The summed E-state index contributed by atoms with van der Waals surface area (Å²) in [4.78, 5) is 15.0. The van der Waals surface area contributed by atoms with Crippen molar-refractivity contribution in [2.45, 2.75) is 44.4 Å². The van der Waals surface area contributed by atoms with Crippen molar-refractivity contribution in [2.75, 3.05) is 12.9 Å². The Labute approximate surface area is 180 Å². The van der Waals surface area contributed by atoms with Crippen molar-refractivity contribution >= 4 is 17.7 Å². The minimum Gasteiger partial charge on any atom is -0.497 e. The van der Waals surface area contributed by atoms with E-state index in [4.69, 9.17) is 4.74 Å². The summed E-state index contributed by atoms with van der Waals surface area (Å²) in [7, 11) is 1.65. The van der Waals surface area contributed by atoms with Crippen LogP contribution in [0, 0.1) is 13.8 Å². The molecule has 0 radical (unpaired) electrons. The number of rotatable bonds is 8. The molecule has 1 amide bonds. The zero-order chi connectivity index (χ0) is 21.1. The van der Waals surface area contributed by atoms with Gasteiger partial charge in [0, 0.05) is 12.6 Å². The zero-order valence-electron chi connectivity index (χ0n) is 17.4. The SMILES string of the molecule is COc1ccc(CN(C(=O)CSc2nnnn2-c2cc(C)cc(C)c2)C2CC2)cc1. The van der Waals surface area contributed by atoms with Gasteiger partial charge in [-0.2, -0.15) is 4.68 Å². The van der Waals surface area contributed by atoms with Crippen LogP contribution in [0.2, 0.25) is 0 Å². The maximum Gasteiger partial charge on any atom is 0.233 e. The van der Waals surface area contributed by atoms with Gasteiger partial charge in [0.2, 0.25) is 11.1 Å². The van der Waals surface area contributed by atoms with Crippen LogP contribution in [0.15, 0.2) is 47.6 Å². The summed E-state index contributed by atoms with van der Waals surface area (Å²) < 4.78 is 6.92. The van der Waals surface area contributed by atoms with Crippen LogP contribution >= 0.6 is 11.8 Å². The molecule has 156 valence electrons. The van der Waals surface area contributed by atoms with Crippen LogP contribution in [0.4, 0.5) is 0 Å². The van der Waals surface area contributed by atoms with E-state index in [0.29, 0.717) is 23.5 Å². The molecule has 4 rings (SSSR count). The molecule has 0 aliphatic heterocycles. The number of methoxy groups -OCH3 is 1. The third-order valence-electron chi connectivity index (χ3n) is 5.04. The van der Waals surface area contributed by atoms with Gasteiger partial charge in [0.15, 0.2) is 0 Å². The molecule has 7 nitrogen and oxygen atoms in total. The van der Waals surface area contributed by atoms with Crippen LogP contribution in [0.5, 0.6) is 5.75 Å². The highest BCUT2D eigenvalue weighted by Gasteiger charge is 2.32. The molecular formula is C22H25N5O2S. The molecule has 0 N–H and O–H groups in total. The number of hydrogen-bond acceptors (Lipinski definition) is 6. The summed E-state index contributed by atoms with van der Waals surface area (Å²) in [6.45, 7) is 4.70. The predicted octanol–water partition coefficient (Wildman–Crippen LogP) is 3.57. The Kier molecular flexibility index (Phi) is 6.03. The molecule has 1 aliphatic rings. The standard InChI is InChI=1S/C22H25N5O2S/c1-15-10-16(2)12-19(11-15)27-22(23-24-25-27)30-14-21(28)26(18-6-7-18)13-17-4-8-20(29-3)9-5-17/h4-5,8-12,18H,6-7,13-14H2,1-3H3. The molecule has 30 heavy (non-hydrogen) atoms. The average Bonchev–Trinajstić information content (AvgIpc) is 3.46. The molecular weight excluding hydrogens is 398 g/mol. The monoisotopic (exact) mass is 423 g/mol. The fraction of sp³-hybridized carbons (Fsp3) is 0.364. The summed E-state index contributed by atoms with van der Waals surface area (Å²) in [6.07, 6.45) is 2.12. The number of tetrazole rings is 1. The quantitative estimate of drug-likeness (QED) is 0.516. The van der Waals surface area contributed by atoms with Gasteiger partial charge in [0.05, 0.1) is 18.6 Å². The Morgan fingerprint density at radius 2 is 1.87 bits per heavy atom.